The second kappa shape index (κ2) is 5.04. The average Bonchev–Trinajstić information content (AvgIpc) is 2.89. The average molecular weight is 290 g/mol. The van der Waals surface area contributed by atoms with Crippen molar-refractivity contribution in [3.8, 4) is 0 Å². The number of hydrogen-bond donors (Lipinski definition) is 2. The van der Waals surface area contributed by atoms with Gasteiger partial charge in [0.05, 0.1) is 16.0 Å². The zero-order valence-electron chi connectivity index (χ0n) is 11.2. The molecule has 3 rings (SSSR count). The number of piperidine rings is 1. The Morgan fingerprint density at radius 2 is 2.29 bits per heavy atom. The van der Waals surface area contributed by atoms with Crippen LogP contribution in [0.3, 0.4) is 0 Å². The monoisotopic (exact) mass is 290 g/mol. The molecule has 8 nitrogen and oxygen atoms in total. The molecule has 2 heterocycles. The molecular weight excluding hydrogens is 276 g/mol. The van der Waals surface area contributed by atoms with E-state index in [0.29, 0.717) is 29.9 Å². The first-order valence-electron chi connectivity index (χ1n) is 6.70. The Kier molecular flexibility index (Phi) is 3.20. The molecule has 1 aromatic carbocycles. The fraction of sp³-hybridized carbons (Fsp3) is 0.385. The number of fused-ring (bicyclic) bond motifs is 1. The van der Waals surface area contributed by atoms with E-state index in [2.05, 4.69) is 9.97 Å². The van der Waals surface area contributed by atoms with Crippen molar-refractivity contribution in [1.29, 1.82) is 0 Å². The number of anilines is 1. The molecule has 2 N–H and O–H groups in total. The van der Waals surface area contributed by atoms with E-state index < -0.39 is 16.9 Å². The van der Waals surface area contributed by atoms with E-state index >= 15 is 0 Å². The lowest BCUT2D eigenvalue weighted by molar-refractivity contribution is -0.384. The van der Waals surface area contributed by atoms with Crippen molar-refractivity contribution in [1.82, 2.24) is 9.97 Å². The topological polar surface area (TPSA) is 112 Å². The summed E-state index contributed by atoms with van der Waals surface area (Å²) in [4.78, 5) is 30.7. The minimum atomic E-state index is -0.874. The van der Waals surface area contributed by atoms with Crippen molar-refractivity contribution in [3.05, 3.63) is 28.3 Å². The van der Waals surface area contributed by atoms with E-state index in [0.717, 1.165) is 12.8 Å². The molecule has 110 valence electrons. The van der Waals surface area contributed by atoms with Crippen molar-refractivity contribution in [3.63, 3.8) is 0 Å². The van der Waals surface area contributed by atoms with Crippen LogP contribution in [0, 0.1) is 10.1 Å². The number of nitro benzene ring substituents is 1. The third-order valence-corrected chi connectivity index (χ3v) is 3.72. The fourth-order valence-corrected chi connectivity index (χ4v) is 2.68. The molecule has 0 amide bonds. The number of nitro groups is 1. The molecule has 2 aromatic rings. The van der Waals surface area contributed by atoms with Crippen LogP contribution < -0.4 is 4.90 Å². The van der Waals surface area contributed by atoms with Crippen LogP contribution in [0.15, 0.2) is 18.2 Å². The third kappa shape index (κ3) is 2.39. The summed E-state index contributed by atoms with van der Waals surface area (Å²) in [6, 6.07) is 3.76. The highest BCUT2D eigenvalue weighted by atomic mass is 16.6. The number of rotatable bonds is 3. The molecule has 0 spiro atoms. The number of aromatic amines is 1. The Morgan fingerprint density at radius 1 is 1.48 bits per heavy atom. The predicted molar refractivity (Wildman–Crippen MR) is 75.4 cm³/mol. The van der Waals surface area contributed by atoms with Crippen LogP contribution >= 0.6 is 0 Å². The van der Waals surface area contributed by atoms with Gasteiger partial charge in [0.1, 0.15) is 6.04 Å². The van der Waals surface area contributed by atoms with Crippen LogP contribution in [0.1, 0.15) is 19.3 Å². The van der Waals surface area contributed by atoms with E-state index in [1.165, 1.54) is 12.1 Å². The van der Waals surface area contributed by atoms with Gasteiger partial charge in [-0.25, -0.2) is 9.78 Å². The van der Waals surface area contributed by atoms with Crippen molar-refractivity contribution < 1.29 is 14.8 Å². The van der Waals surface area contributed by atoms with Gasteiger partial charge in [0.15, 0.2) is 0 Å². The Morgan fingerprint density at radius 3 is 3.00 bits per heavy atom. The Bertz CT molecular complexity index is 711. The second-order valence-corrected chi connectivity index (χ2v) is 5.06. The minimum absolute atomic E-state index is 0.0221. The van der Waals surface area contributed by atoms with Gasteiger partial charge in [-0.2, -0.15) is 0 Å². The fourth-order valence-electron chi connectivity index (χ4n) is 2.68. The summed E-state index contributed by atoms with van der Waals surface area (Å²) >= 11 is 0. The Hall–Kier alpha value is -2.64. The number of non-ortho nitro benzene ring substituents is 1. The molecule has 8 heteroatoms. The molecule has 0 saturated carbocycles. The van der Waals surface area contributed by atoms with Crippen molar-refractivity contribution >= 4 is 28.6 Å². The number of carbonyl (C=O) groups is 1. The first kappa shape index (κ1) is 13.3. The van der Waals surface area contributed by atoms with E-state index in [9.17, 15) is 20.0 Å². The predicted octanol–water partition coefficient (Wildman–Crippen LogP) is 1.91. The number of aromatic nitrogens is 2. The maximum Gasteiger partial charge on any atom is 0.326 e. The number of nitrogens with one attached hydrogen (secondary N) is 1. The minimum Gasteiger partial charge on any atom is -0.480 e. The van der Waals surface area contributed by atoms with Crippen molar-refractivity contribution in [2.45, 2.75) is 25.3 Å². The summed E-state index contributed by atoms with van der Waals surface area (Å²) in [5.41, 5.74) is 1.10. The largest absolute Gasteiger partial charge is 0.480 e. The van der Waals surface area contributed by atoms with Crippen LogP contribution in [-0.4, -0.2) is 38.6 Å². The highest BCUT2D eigenvalue weighted by Gasteiger charge is 2.30. The highest BCUT2D eigenvalue weighted by molar-refractivity contribution is 5.82. The van der Waals surface area contributed by atoms with Gasteiger partial charge in [-0.1, -0.05) is 0 Å². The molecular formula is C13H14N4O4. The standard InChI is InChI=1S/C13H14N4O4/c18-12(19)11-3-1-2-6-16(11)13-14-9-5-4-8(17(20)21)7-10(9)15-13/h4-5,7,11H,1-3,6H2,(H,14,15)(H,18,19). The zero-order valence-corrected chi connectivity index (χ0v) is 11.2. The Labute approximate surface area is 119 Å². The highest BCUT2D eigenvalue weighted by Crippen LogP contribution is 2.26. The van der Waals surface area contributed by atoms with Crippen LogP contribution in [0.5, 0.6) is 0 Å². The molecule has 1 aliphatic rings. The number of carboxylic acid groups (broad SMARTS) is 1. The molecule has 1 fully saturated rings. The number of imidazole rings is 1. The van der Waals surface area contributed by atoms with Gasteiger partial charge in [0.25, 0.3) is 5.69 Å². The quantitative estimate of drug-likeness (QED) is 0.659. The maximum absolute atomic E-state index is 11.3. The first-order chi connectivity index (χ1) is 10.1. The summed E-state index contributed by atoms with van der Waals surface area (Å²) in [5, 5.41) is 20.1. The number of H-pyrrole nitrogens is 1. The summed E-state index contributed by atoms with van der Waals surface area (Å²) in [7, 11) is 0. The summed E-state index contributed by atoms with van der Waals surface area (Å²) in [6.07, 6.45) is 2.35. The number of aliphatic carboxylic acids is 1. The van der Waals surface area contributed by atoms with Gasteiger partial charge in [-0.15, -0.1) is 0 Å². The van der Waals surface area contributed by atoms with Gasteiger partial charge in [0, 0.05) is 18.7 Å². The van der Waals surface area contributed by atoms with Crippen LogP contribution in [-0.2, 0) is 4.79 Å². The van der Waals surface area contributed by atoms with Gasteiger partial charge < -0.3 is 15.0 Å². The number of hydrogen-bond acceptors (Lipinski definition) is 5. The first-order valence-corrected chi connectivity index (χ1v) is 6.70. The molecule has 1 aliphatic heterocycles. The number of carboxylic acids is 1. The summed E-state index contributed by atoms with van der Waals surface area (Å²) < 4.78 is 0. The Balaban J connectivity index is 1.99. The summed E-state index contributed by atoms with van der Waals surface area (Å²) in [6.45, 7) is 0.610. The molecule has 0 bridgehead atoms. The van der Waals surface area contributed by atoms with Crippen LogP contribution in [0.2, 0.25) is 0 Å². The molecule has 0 aliphatic carbocycles. The lowest BCUT2D eigenvalue weighted by Crippen LogP contribution is -2.45. The maximum atomic E-state index is 11.3. The van der Waals surface area contributed by atoms with E-state index in [-0.39, 0.29) is 5.69 Å². The molecule has 1 aromatic heterocycles. The zero-order chi connectivity index (χ0) is 15.0. The smallest absolute Gasteiger partial charge is 0.326 e. The van der Waals surface area contributed by atoms with Gasteiger partial charge in [-0.3, -0.25) is 10.1 Å². The molecule has 1 unspecified atom stereocenters. The molecule has 1 saturated heterocycles. The normalized spacial score (nSPS) is 18.9. The van der Waals surface area contributed by atoms with Gasteiger partial charge in [0.2, 0.25) is 5.95 Å². The van der Waals surface area contributed by atoms with Crippen LogP contribution in [0.4, 0.5) is 11.6 Å². The SMILES string of the molecule is O=C(O)C1CCCCN1c1nc2ccc([N+](=O)[O-])cc2[nH]1. The molecule has 1 atom stereocenters. The number of benzene rings is 1. The van der Waals surface area contributed by atoms with Crippen molar-refractivity contribution in [2.75, 3.05) is 11.4 Å². The lowest BCUT2D eigenvalue weighted by Gasteiger charge is -2.32. The van der Waals surface area contributed by atoms with Crippen molar-refractivity contribution in [2.24, 2.45) is 0 Å². The van der Waals surface area contributed by atoms with E-state index in [1.54, 1.807) is 11.0 Å². The molecule has 0 radical (unpaired) electrons. The molecule has 21 heavy (non-hydrogen) atoms. The third-order valence-electron chi connectivity index (χ3n) is 3.72. The van der Waals surface area contributed by atoms with Gasteiger partial charge in [-0.05, 0) is 25.3 Å². The van der Waals surface area contributed by atoms with Crippen LogP contribution in [0.25, 0.3) is 11.0 Å². The van der Waals surface area contributed by atoms with Gasteiger partial charge >= 0.3 is 5.97 Å². The second-order valence-electron chi connectivity index (χ2n) is 5.06. The lowest BCUT2D eigenvalue weighted by atomic mass is 10.0. The van der Waals surface area contributed by atoms with E-state index in [4.69, 9.17) is 0 Å². The number of nitrogens with zero attached hydrogens (tertiary/aromatic N) is 3. The van der Waals surface area contributed by atoms with E-state index in [1.807, 2.05) is 0 Å². The summed E-state index contributed by atoms with van der Waals surface area (Å²) in [5.74, 6) is -0.418.